The normalized spacial score (nSPS) is 10.3. The lowest BCUT2D eigenvalue weighted by molar-refractivity contribution is -0.268. The highest BCUT2D eigenvalue weighted by atomic mass is 32.2. The smallest absolute Gasteiger partial charge is 0.335 e. The standard InChI is InChI=1S/C21H21S.C7H6O3/c1-2-9-18-14-16-21(17-15-18)22(19-10-5-3-6-11-19)20-12-7-4-8-13-20;8-6-4-2-1-3-5(6)7(9)10/h3-8,10-17H,2,9H2,1H3;1-4,8H,(H,9,10)/q+1;/p-1. The molecular weight excluding hydrogens is 416 g/mol. The van der Waals surface area contributed by atoms with E-state index >= 15 is 0 Å². The highest BCUT2D eigenvalue weighted by Gasteiger charge is 2.27. The Morgan fingerprint density at radius 2 is 1.19 bits per heavy atom. The van der Waals surface area contributed by atoms with Crippen LogP contribution < -0.4 is 5.11 Å². The van der Waals surface area contributed by atoms with E-state index < -0.39 is 11.7 Å². The number of benzene rings is 4. The Morgan fingerprint density at radius 3 is 1.62 bits per heavy atom. The maximum absolute atomic E-state index is 10.7. The zero-order valence-corrected chi connectivity index (χ0v) is 18.8. The van der Waals surface area contributed by atoms with E-state index in [-0.39, 0.29) is 16.5 Å². The zero-order chi connectivity index (χ0) is 22.8. The van der Waals surface area contributed by atoms with Crippen molar-refractivity contribution in [2.75, 3.05) is 0 Å². The van der Waals surface area contributed by atoms with Crippen LogP contribution in [0.5, 0.6) is 5.75 Å². The third kappa shape index (κ3) is 6.25. The van der Waals surface area contributed by atoms with Gasteiger partial charge < -0.3 is 10.2 Å². The number of carboxylic acid groups (broad SMARTS) is 1. The summed E-state index contributed by atoms with van der Waals surface area (Å²) in [6.45, 7) is 2.23. The number of aromatic carboxylic acids is 1. The minimum absolute atomic E-state index is 0.0268. The van der Waals surface area contributed by atoms with Gasteiger partial charge in [-0.15, -0.1) is 0 Å². The van der Waals surface area contributed by atoms with Crippen LogP contribution in [0.25, 0.3) is 0 Å². The van der Waals surface area contributed by atoms with Crippen LogP contribution in [-0.2, 0) is 17.3 Å². The lowest BCUT2D eigenvalue weighted by atomic mass is 10.1. The summed E-state index contributed by atoms with van der Waals surface area (Å²) in [5.74, 6) is -1.62. The first-order valence-corrected chi connectivity index (χ1v) is 11.7. The minimum atomic E-state index is -1.18. The Labute approximate surface area is 192 Å². The average molecular weight is 443 g/mol. The van der Waals surface area contributed by atoms with Crippen molar-refractivity contribution in [2.45, 2.75) is 34.5 Å². The molecule has 0 aliphatic carbocycles. The van der Waals surface area contributed by atoms with Crippen LogP contribution in [-0.4, -0.2) is 11.1 Å². The Kier molecular flexibility index (Phi) is 8.52. The summed E-state index contributed by atoms with van der Waals surface area (Å²) in [5.41, 5.74) is 1.25. The number of para-hydroxylation sites is 1. The first-order chi connectivity index (χ1) is 15.6. The molecular formula is C28H26O3S. The maximum atomic E-state index is 10.7. The second kappa shape index (κ2) is 11.8. The molecule has 0 aliphatic rings. The summed E-state index contributed by atoms with van der Waals surface area (Å²) in [6.07, 6.45) is 2.35. The van der Waals surface area contributed by atoms with Crippen LogP contribution >= 0.6 is 0 Å². The predicted octanol–water partition coefficient (Wildman–Crippen LogP) is 6.19. The fraction of sp³-hybridized carbons (Fsp3) is 0.107. The summed E-state index contributed by atoms with van der Waals surface area (Å²) in [4.78, 5) is 14.4. The lowest BCUT2D eigenvalue weighted by Crippen LogP contribution is -2.04. The molecule has 4 aromatic rings. The fourth-order valence-electron chi connectivity index (χ4n) is 3.25. The van der Waals surface area contributed by atoms with E-state index in [0.717, 1.165) is 6.42 Å². The van der Waals surface area contributed by atoms with Crippen LogP contribution in [0, 0.1) is 0 Å². The molecule has 0 aromatic heterocycles. The topological polar surface area (TPSA) is 60.4 Å². The van der Waals surface area contributed by atoms with Gasteiger partial charge in [0.05, 0.1) is 16.5 Å². The maximum Gasteiger partial charge on any atom is 0.335 e. The van der Waals surface area contributed by atoms with Crippen LogP contribution in [0.15, 0.2) is 124 Å². The van der Waals surface area contributed by atoms with Crippen molar-refractivity contribution >= 4 is 16.9 Å². The quantitative estimate of drug-likeness (QED) is 0.362. The molecule has 0 atom stereocenters. The molecule has 0 radical (unpaired) electrons. The van der Waals surface area contributed by atoms with Gasteiger partial charge in [0.1, 0.15) is 0 Å². The summed E-state index contributed by atoms with van der Waals surface area (Å²) >= 11 is 0. The van der Waals surface area contributed by atoms with Gasteiger partial charge in [-0.2, -0.15) is 0 Å². The third-order valence-electron chi connectivity index (χ3n) is 4.77. The van der Waals surface area contributed by atoms with Crippen LogP contribution in [0.2, 0.25) is 0 Å². The molecule has 0 saturated carbocycles. The van der Waals surface area contributed by atoms with Crippen molar-refractivity contribution in [3.05, 3.63) is 120 Å². The van der Waals surface area contributed by atoms with E-state index in [4.69, 9.17) is 5.11 Å². The van der Waals surface area contributed by atoms with E-state index in [0.29, 0.717) is 0 Å². The molecule has 4 aromatic carbocycles. The van der Waals surface area contributed by atoms with Gasteiger partial charge in [-0.1, -0.05) is 85.8 Å². The van der Waals surface area contributed by atoms with Crippen molar-refractivity contribution in [2.24, 2.45) is 0 Å². The molecule has 162 valence electrons. The Morgan fingerprint density at radius 1 is 0.719 bits per heavy atom. The van der Waals surface area contributed by atoms with Gasteiger partial charge in [-0.3, -0.25) is 0 Å². The van der Waals surface area contributed by atoms with Crippen molar-refractivity contribution in [3.63, 3.8) is 0 Å². The van der Waals surface area contributed by atoms with Gasteiger partial charge >= 0.3 is 5.97 Å². The molecule has 0 unspecified atom stereocenters. The molecule has 0 bridgehead atoms. The van der Waals surface area contributed by atoms with Gasteiger partial charge in [0.2, 0.25) is 0 Å². The number of aryl methyl sites for hydroxylation is 1. The molecule has 1 N–H and O–H groups in total. The molecule has 4 rings (SSSR count). The van der Waals surface area contributed by atoms with E-state index in [9.17, 15) is 9.90 Å². The Hall–Kier alpha value is -3.50. The zero-order valence-electron chi connectivity index (χ0n) is 18.0. The monoisotopic (exact) mass is 442 g/mol. The molecule has 0 heterocycles. The second-order valence-corrected chi connectivity index (χ2v) is 9.15. The highest BCUT2D eigenvalue weighted by Crippen LogP contribution is 2.31. The van der Waals surface area contributed by atoms with Gasteiger partial charge in [0.15, 0.2) is 14.7 Å². The molecule has 0 spiro atoms. The largest absolute Gasteiger partial charge is 0.872 e. The molecule has 4 heteroatoms. The minimum Gasteiger partial charge on any atom is -0.872 e. The van der Waals surface area contributed by atoms with Crippen molar-refractivity contribution < 1.29 is 15.0 Å². The fourth-order valence-corrected chi connectivity index (χ4v) is 5.33. The van der Waals surface area contributed by atoms with E-state index in [1.165, 1.54) is 50.9 Å². The number of hydrogen-bond donors (Lipinski definition) is 1. The summed E-state index contributed by atoms with van der Waals surface area (Å²) < 4.78 is 0. The predicted molar refractivity (Wildman–Crippen MR) is 128 cm³/mol. The molecule has 0 saturated heterocycles. The highest BCUT2D eigenvalue weighted by molar-refractivity contribution is 7.97. The Bertz CT molecular complexity index is 1070. The van der Waals surface area contributed by atoms with E-state index in [1.54, 1.807) is 0 Å². The van der Waals surface area contributed by atoms with Crippen molar-refractivity contribution in [3.8, 4) is 5.75 Å². The van der Waals surface area contributed by atoms with Crippen molar-refractivity contribution in [1.29, 1.82) is 0 Å². The summed E-state index contributed by atoms with van der Waals surface area (Å²) in [6, 6.07) is 36.3. The molecule has 32 heavy (non-hydrogen) atoms. The number of hydrogen-bond acceptors (Lipinski definition) is 2. The van der Waals surface area contributed by atoms with Gasteiger partial charge in [-0.25, -0.2) is 4.79 Å². The first-order valence-electron chi connectivity index (χ1n) is 10.5. The summed E-state index contributed by atoms with van der Waals surface area (Å²) in [7, 11) is -0.0268. The SMILES string of the molecule is CCCc1ccc([S+](c2ccccc2)c2ccccc2)cc1.O=C(O)c1ccccc1[O-]. The lowest BCUT2D eigenvalue weighted by Gasteiger charge is -2.08. The number of rotatable bonds is 6. The summed E-state index contributed by atoms with van der Waals surface area (Å²) in [5, 5.41) is 19.0. The van der Waals surface area contributed by atoms with Crippen molar-refractivity contribution in [1.82, 2.24) is 0 Å². The van der Waals surface area contributed by atoms with E-state index in [1.807, 2.05) is 0 Å². The van der Waals surface area contributed by atoms with Gasteiger partial charge in [0.25, 0.3) is 0 Å². The molecule has 3 nitrogen and oxygen atoms in total. The number of carbonyl (C=O) groups is 1. The van der Waals surface area contributed by atoms with Crippen LogP contribution in [0.3, 0.4) is 0 Å². The van der Waals surface area contributed by atoms with Crippen LogP contribution in [0.1, 0.15) is 29.3 Å². The molecule has 0 fully saturated rings. The number of carboxylic acids is 1. The second-order valence-electron chi connectivity index (χ2n) is 7.13. The van der Waals surface area contributed by atoms with Gasteiger partial charge in [0, 0.05) is 0 Å². The molecule has 0 amide bonds. The van der Waals surface area contributed by atoms with E-state index in [2.05, 4.69) is 91.9 Å². The van der Waals surface area contributed by atoms with Gasteiger partial charge in [-0.05, 0) is 54.4 Å². The first kappa shape index (κ1) is 23.2. The average Bonchev–Trinajstić information content (AvgIpc) is 2.83. The third-order valence-corrected chi connectivity index (χ3v) is 7.00. The molecule has 0 aliphatic heterocycles. The van der Waals surface area contributed by atoms with Crippen LogP contribution in [0.4, 0.5) is 0 Å². The Balaban J connectivity index is 0.000000243.